The zero-order chi connectivity index (χ0) is 68.4. The van der Waals surface area contributed by atoms with Crippen LogP contribution in [-0.2, 0) is 27.1 Å². The Bertz CT molecular complexity index is 5480. The fraction of sp³-hybridized carbons (Fsp3) is 0.204. The van der Waals surface area contributed by atoms with E-state index in [-0.39, 0.29) is 28.5 Å². The molecule has 17 rings (SSSR count). The van der Waals surface area contributed by atoms with Gasteiger partial charge in [-0.2, -0.15) is 0 Å². The van der Waals surface area contributed by atoms with E-state index in [0.717, 1.165) is 117 Å². The molecule has 0 N–H and O–H groups in total. The standard InChI is InChI=1S/C93H84BN3O2/c1-89(2,3)60-34-41-64(42-35-60)95(65-43-36-61(37-44-65)90(4,5)6)67-47-48-68-71-52-72-73-53-74-69-32-24-25-33-82(69)98-88(74)86-85(73)94(97(66-45-38-62(39-46-66)91(7,8)9)80(72)55-77(71)93(13,14)76(68)51-67)78-56-83-75(84(58-28-20-16-21-29-58)87(99-83)59-30-22-17-23-31-59)54-81(78)96(86)79-49-40-63(92(10,11)12)50-70(79)57-26-18-15-19-27-57/h15-56H,1-14H3. The van der Waals surface area contributed by atoms with Gasteiger partial charge in [-0.15, -0.1) is 0 Å². The third-order valence-corrected chi connectivity index (χ3v) is 21.7. The van der Waals surface area contributed by atoms with Crippen LogP contribution in [-0.4, -0.2) is 6.85 Å². The number of benzene rings is 12. The van der Waals surface area contributed by atoms with Crippen molar-refractivity contribution in [3.8, 4) is 55.8 Å². The van der Waals surface area contributed by atoms with E-state index in [4.69, 9.17) is 8.83 Å². The molecule has 2 aromatic heterocycles. The van der Waals surface area contributed by atoms with Gasteiger partial charge in [0.15, 0.2) is 5.58 Å². The van der Waals surface area contributed by atoms with E-state index < -0.39 is 5.41 Å². The molecule has 0 unspecified atom stereocenters. The molecule has 486 valence electrons. The lowest BCUT2D eigenvalue weighted by atomic mass is 9.43. The van der Waals surface area contributed by atoms with Gasteiger partial charge >= 0.3 is 6.85 Å². The molecule has 0 atom stereocenters. The SMILES string of the molecule is CC(C)(C)c1ccc(N2B3c4cc5oc(-c6ccccc6)c(-c6ccccc6)c5cc4N(c4ccc(C(C)(C)C)cc4-c4ccccc4)c4c3c(cc3c4oc4ccccc43)-c3cc4c(cc32)C(C)(C)c2cc(N(c3ccc(C(C)(C)C)cc3)c3ccc(C(C)(C)C)cc3)ccc2-4)cc1. The monoisotopic (exact) mass is 1290 g/mol. The molecule has 0 saturated carbocycles. The third kappa shape index (κ3) is 10.0. The second-order valence-electron chi connectivity index (χ2n) is 32.6. The van der Waals surface area contributed by atoms with Crippen LogP contribution in [0.5, 0.6) is 0 Å². The molecular formula is C93H84BN3O2. The molecule has 5 nitrogen and oxygen atoms in total. The fourth-order valence-corrected chi connectivity index (χ4v) is 16.2. The van der Waals surface area contributed by atoms with Crippen LogP contribution in [0.25, 0.3) is 88.7 Å². The Morgan fingerprint density at radius 1 is 0.364 bits per heavy atom. The molecular weight excluding hydrogens is 1200 g/mol. The van der Waals surface area contributed by atoms with Crippen molar-refractivity contribution < 1.29 is 8.83 Å². The largest absolute Gasteiger partial charge is 0.455 e. The number of rotatable bonds is 8. The average Bonchev–Trinajstić information content (AvgIpc) is 1.67. The van der Waals surface area contributed by atoms with Crippen molar-refractivity contribution >= 4 is 96.2 Å². The summed E-state index contributed by atoms with van der Waals surface area (Å²) in [5.74, 6) is 0.840. The van der Waals surface area contributed by atoms with Crippen molar-refractivity contribution in [3.05, 3.63) is 288 Å². The fourth-order valence-electron chi connectivity index (χ4n) is 16.2. The molecule has 12 aromatic carbocycles. The van der Waals surface area contributed by atoms with Gasteiger partial charge in [0.05, 0.1) is 11.4 Å². The Morgan fingerprint density at radius 2 is 0.899 bits per heavy atom. The Kier molecular flexibility index (Phi) is 13.9. The molecule has 0 saturated heterocycles. The van der Waals surface area contributed by atoms with Crippen LogP contribution in [0.15, 0.2) is 264 Å². The number of hydrogen-bond donors (Lipinski definition) is 0. The molecule has 99 heavy (non-hydrogen) atoms. The second kappa shape index (κ2) is 22.2. The number of hydrogen-bond acceptors (Lipinski definition) is 5. The Labute approximate surface area is 584 Å². The third-order valence-electron chi connectivity index (χ3n) is 21.7. The Morgan fingerprint density at radius 3 is 1.51 bits per heavy atom. The van der Waals surface area contributed by atoms with Crippen LogP contribution < -0.4 is 25.5 Å². The van der Waals surface area contributed by atoms with Crippen molar-refractivity contribution in [2.45, 2.75) is 124 Å². The minimum absolute atomic E-state index is 0.0159. The highest BCUT2D eigenvalue weighted by Crippen LogP contribution is 2.59. The smallest absolute Gasteiger partial charge is 0.333 e. The summed E-state index contributed by atoms with van der Waals surface area (Å²) < 4.78 is 15.0. The molecule has 0 bridgehead atoms. The minimum Gasteiger partial charge on any atom is -0.455 e. The van der Waals surface area contributed by atoms with Gasteiger partial charge in [-0.05, 0) is 191 Å². The highest BCUT2D eigenvalue weighted by Gasteiger charge is 2.49. The first-order chi connectivity index (χ1) is 47.4. The molecule has 1 aliphatic carbocycles. The number of fused-ring (bicyclic) bond motifs is 12. The minimum atomic E-state index is -0.415. The van der Waals surface area contributed by atoms with E-state index in [1.54, 1.807) is 0 Å². The molecule has 3 aliphatic rings. The van der Waals surface area contributed by atoms with Gasteiger partial charge in [-0.3, -0.25) is 0 Å². The summed E-state index contributed by atoms with van der Waals surface area (Å²) in [6.45, 7) is 32.1. The van der Waals surface area contributed by atoms with E-state index in [2.05, 4.69) is 366 Å². The molecule has 2 aliphatic heterocycles. The molecule has 0 spiro atoms. The topological polar surface area (TPSA) is 36.0 Å². The van der Waals surface area contributed by atoms with Gasteiger partial charge in [-0.25, -0.2) is 0 Å². The molecule has 0 radical (unpaired) electrons. The van der Waals surface area contributed by atoms with E-state index in [0.29, 0.717) is 0 Å². The van der Waals surface area contributed by atoms with Crippen molar-refractivity contribution in [2.75, 3.05) is 14.6 Å². The molecule has 0 fully saturated rings. The van der Waals surface area contributed by atoms with Crippen LogP contribution in [0.3, 0.4) is 0 Å². The van der Waals surface area contributed by atoms with Crippen LogP contribution in [0.1, 0.15) is 130 Å². The Hall–Kier alpha value is -10.6. The summed E-state index contributed by atoms with van der Waals surface area (Å²) in [7, 11) is 0. The van der Waals surface area contributed by atoms with Crippen LogP contribution >= 0.6 is 0 Å². The van der Waals surface area contributed by atoms with Gasteiger partial charge < -0.3 is 23.4 Å². The predicted octanol–water partition coefficient (Wildman–Crippen LogP) is 25.0. The maximum atomic E-state index is 7.54. The van der Waals surface area contributed by atoms with Gasteiger partial charge in [0.25, 0.3) is 0 Å². The summed E-state index contributed by atoms with van der Waals surface area (Å²) in [4.78, 5) is 7.72. The lowest BCUT2D eigenvalue weighted by Crippen LogP contribution is -2.61. The van der Waals surface area contributed by atoms with Crippen molar-refractivity contribution in [3.63, 3.8) is 0 Å². The molecule has 6 heteroatoms. The van der Waals surface area contributed by atoms with Gasteiger partial charge in [0.1, 0.15) is 16.9 Å². The first-order valence-electron chi connectivity index (χ1n) is 35.3. The summed E-state index contributed by atoms with van der Waals surface area (Å²) in [6.07, 6.45) is 0. The highest BCUT2D eigenvalue weighted by atomic mass is 16.3. The second-order valence-corrected chi connectivity index (χ2v) is 32.6. The van der Waals surface area contributed by atoms with Crippen LogP contribution in [0.4, 0.5) is 45.5 Å². The van der Waals surface area contributed by atoms with E-state index in [1.807, 2.05) is 0 Å². The normalized spacial score (nSPS) is 14.0. The predicted molar refractivity (Wildman–Crippen MR) is 421 cm³/mol. The van der Waals surface area contributed by atoms with Crippen molar-refractivity contribution in [2.24, 2.45) is 0 Å². The van der Waals surface area contributed by atoms with Crippen LogP contribution in [0, 0.1) is 0 Å². The maximum Gasteiger partial charge on any atom is 0.333 e. The summed E-state index contributed by atoms with van der Waals surface area (Å²) in [6, 6.07) is 95.9. The van der Waals surface area contributed by atoms with Crippen molar-refractivity contribution in [1.82, 2.24) is 0 Å². The summed E-state index contributed by atoms with van der Waals surface area (Å²) in [5.41, 5.74) is 31.1. The average molecular weight is 1290 g/mol. The Balaban J connectivity index is 0.975. The van der Waals surface area contributed by atoms with E-state index >= 15 is 0 Å². The zero-order valence-electron chi connectivity index (χ0n) is 59.5. The maximum absolute atomic E-state index is 7.54. The zero-order valence-corrected chi connectivity index (χ0v) is 59.5. The number of furan rings is 2. The first kappa shape index (κ1) is 62.0. The van der Waals surface area contributed by atoms with Gasteiger partial charge in [0, 0.05) is 78.0 Å². The number of nitrogens with zero attached hydrogens (tertiary/aromatic N) is 3. The number of para-hydroxylation sites is 1. The summed E-state index contributed by atoms with van der Waals surface area (Å²) in [5, 5.41) is 3.19. The molecule has 14 aromatic rings. The molecule has 4 heterocycles. The van der Waals surface area contributed by atoms with Crippen LogP contribution in [0.2, 0.25) is 0 Å². The van der Waals surface area contributed by atoms with Gasteiger partial charge in [0.2, 0.25) is 0 Å². The quantitative estimate of drug-likeness (QED) is 0.142. The van der Waals surface area contributed by atoms with E-state index in [1.165, 1.54) is 61.1 Å². The lowest BCUT2D eigenvalue weighted by molar-refractivity contribution is 0.590. The molecule has 0 amide bonds. The highest BCUT2D eigenvalue weighted by molar-refractivity contribution is 6.94. The number of anilines is 8. The van der Waals surface area contributed by atoms with Crippen molar-refractivity contribution in [1.29, 1.82) is 0 Å². The summed E-state index contributed by atoms with van der Waals surface area (Å²) >= 11 is 0. The lowest BCUT2D eigenvalue weighted by Gasteiger charge is -2.46. The van der Waals surface area contributed by atoms with E-state index in [9.17, 15) is 0 Å². The van der Waals surface area contributed by atoms with Gasteiger partial charge in [-0.1, -0.05) is 255 Å². The first-order valence-corrected chi connectivity index (χ1v) is 35.3.